The van der Waals surface area contributed by atoms with Crippen LogP contribution in [0.15, 0.2) is 64.5 Å². The molecule has 2 aromatic carbocycles. The number of nitrogens with zero attached hydrogens (tertiary/aromatic N) is 4. The molecule has 5 rings (SSSR count). The van der Waals surface area contributed by atoms with Crippen molar-refractivity contribution in [3.8, 4) is 0 Å². The van der Waals surface area contributed by atoms with Gasteiger partial charge in [-0.3, -0.25) is 19.3 Å². The summed E-state index contributed by atoms with van der Waals surface area (Å²) in [4.78, 5) is 47.2. The fourth-order valence-electron chi connectivity index (χ4n) is 4.18. The van der Waals surface area contributed by atoms with Crippen molar-refractivity contribution >= 4 is 51.7 Å². The van der Waals surface area contributed by atoms with Gasteiger partial charge in [-0.05, 0) is 30.0 Å². The van der Waals surface area contributed by atoms with E-state index in [-0.39, 0.29) is 10.5 Å². The lowest BCUT2D eigenvalue weighted by Gasteiger charge is -2.36. The molecule has 1 fully saturated rings. The first-order chi connectivity index (χ1) is 15.5. The van der Waals surface area contributed by atoms with Crippen molar-refractivity contribution in [1.82, 2.24) is 4.90 Å². The molecule has 9 heteroatoms. The van der Waals surface area contributed by atoms with E-state index in [4.69, 9.17) is 0 Å². The number of hydrogen-bond acceptors (Lipinski definition) is 6. The number of rotatable bonds is 3. The van der Waals surface area contributed by atoms with Crippen LogP contribution in [0, 0.1) is 0 Å². The zero-order valence-electron chi connectivity index (χ0n) is 17.1. The van der Waals surface area contributed by atoms with Gasteiger partial charge in [0.25, 0.3) is 11.8 Å². The maximum atomic E-state index is 13.1. The second kappa shape index (κ2) is 8.16. The highest BCUT2D eigenvalue weighted by Crippen LogP contribution is 2.43. The van der Waals surface area contributed by atoms with E-state index < -0.39 is 24.3 Å². The molecular weight excluding hydrogens is 428 g/mol. The number of aliphatic imine (C=N–C) groups is 1. The van der Waals surface area contributed by atoms with Crippen LogP contribution in [0.3, 0.4) is 0 Å². The molecule has 8 nitrogen and oxygen atoms in total. The molecule has 32 heavy (non-hydrogen) atoms. The predicted molar refractivity (Wildman–Crippen MR) is 124 cm³/mol. The highest BCUT2D eigenvalue weighted by molar-refractivity contribution is 8.18. The Morgan fingerprint density at radius 2 is 1.59 bits per heavy atom. The number of amidine groups is 1. The Morgan fingerprint density at radius 1 is 0.938 bits per heavy atom. The van der Waals surface area contributed by atoms with Gasteiger partial charge in [-0.15, -0.1) is 0 Å². The maximum absolute atomic E-state index is 13.1. The van der Waals surface area contributed by atoms with Crippen LogP contribution in [0.4, 0.5) is 11.4 Å². The van der Waals surface area contributed by atoms with E-state index in [9.17, 15) is 19.5 Å². The van der Waals surface area contributed by atoms with Gasteiger partial charge in [0.15, 0.2) is 5.17 Å². The Kier molecular flexibility index (Phi) is 5.18. The van der Waals surface area contributed by atoms with Crippen LogP contribution >= 0.6 is 11.8 Å². The first-order valence-electron chi connectivity index (χ1n) is 10.3. The molecule has 0 aliphatic carbocycles. The summed E-state index contributed by atoms with van der Waals surface area (Å²) in [6.07, 6.45) is 0. The predicted octanol–water partition coefficient (Wildman–Crippen LogP) is 2.28. The average molecular weight is 449 g/mol. The molecule has 2 aromatic rings. The molecule has 0 bridgehead atoms. The average Bonchev–Trinajstić information content (AvgIpc) is 3.31. The van der Waals surface area contributed by atoms with E-state index >= 15 is 0 Å². The summed E-state index contributed by atoms with van der Waals surface area (Å²) in [6, 6.07) is 17.1. The minimum absolute atomic E-state index is 0.235. The van der Waals surface area contributed by atoms with Crippen LogP contribution in [0.5, 0.6) is 0 Å². The Bertz CT molecular complexity index is 1170. The Hall–Kier alpha value is -3.59. The van der Waals surface area contributed by atoms with Crippen molar-refractivity contribution in [2.45, 2.75) is 0 Å². The third kappa shape index (κ3) is 3.54. The van der Waals surface area contributed by atoms with Crippen LogP contribution in [-0.4, -0.2) is 65.7 Å². The van der Waals surface area contributed by atoms with E-state index in [0.717, 1.165) is 13.1 Å². The van der Waals surface area contributed by atoms with Gasteiger partial charge in [0.05, 0.1) is 16.2 Å². The summed E-state index contributed by atoms with van der Waals surface area (Å²) in [5, 5.41) is 9.81. The molecule has 0 aromatic heterocycles. The quantitative estimate of drug-likeness (QED) is 0.720. The number of para-hydroxylation sites is 2. The fourth-order valence-corrected chi connectivity index (χ4v) is 5.23. The molecule has 0 radical (unpaired) electrons. The number of carbonyl (C=O) groups is 3. The van der Waals surface area contributed by atoms with Gasteiger partial charge in [-0.1, -0.05) is 36.4 Å². The monoisotopic (exact) mass is 448 g/mol. The van der Waals surface area contributed by atoms with E-state index in [0.29, 0.717) is 29.5 Å². The zero-order chi connectivity index (χ0) is 22.2. The molecule has 162 valence electrons. The normalized spacial score (nSPS) is 20.6. The molecule has 0 spiro atoms. The number of carbonyl (C=O) groups excluding carboxylic acids is 2. The number of hydrogen-bond donors (Lipinski definition) is 1. The van der Waals surface area contributed by atoms with Crippen molar-refractivity contribution in [2.24, 2.45) is 4.99 Å². The van der Waals surface area contributed by atoms with Crippen molar-refractivity contribution in [1.29, 1.82) is 0 Å². The van der Waals surface area contributed by atoms with E-state index in [1.807, 2.05) is 18.2 Å². The van der Waals surface area contributed by atoms with E-state index in [1.165, 1.54) is 22.3 Å². The van der Waals surface area contributed by atoms with Gasteiger partial charge >= 0.3 is 5.97 Å². The summed E-state index contributed by atoms with van der Waals surface area (Å²) in [6.45, 7) is 2.58. The van der Waals surface area contributed by atoms with Gasteiger partial charge in [0.1, 0.15) is 6.54 Å². The third-order valence-electron chi connectivity index (χ3n) is 5.70. The topological polar surface area (TPSA) is 93.5 Å². The zero-order valence-corrected chi connectivity index (χ0v) is 17.9. The lowest BCUT2D eigenvalue weighted by molar-refractivity contribution is -0.136. The molecular formula is C23H20N4O4S. The molecule has 0 unspecified atom stereocenters. The standard InChI is InChI=1S/C23H20N4O4S/c28-18(29)14-27-17-9-5-4-8-16(17)19(22(27)31)20-21(30)24-23(32-20)26-12-10-25(11-13-26)15-6-2-1-3-7-15/h1-9H,10-14H2,(H,28,29). The molecule has 3 aliphatic heterocycles. The van der Waals surface area contributed by atoms with Crippen LogP contribution in [0.1, 0.15) is 5.56 Å². The minimum atomic E-state index is -1.11. The number of thioether (sulfide) groups is 1. The van der Waals surface area contributed by atoms with Gasteiger partial charge < -0.3 is 14.9 Å². The Labute approximate surface area is 188 Å². The maximum Gasteiger partial charge on any atom is 0.323 e. The summed E-state index contributed by atoms with van der Waals surface area (Å²) >= 11 is 1.20. The number of carboxylic acid groups (broad SMARTS) is 1. The first-order valence-corrected chi connectivity index (χ1v) is 11.1. The van der Waals surface area contributed by atoms with Crippen LogP contribution in [-0.2, 0) is 14.4 Å². The third-order valence-corrected chi connectivity index (χ3v) is 6.81. The molecule has 0 atom stereocenters. The number of piperazine rings is 1. The second-order valence-electron chi connectivity index (χ2n) is 7.62. The fraction of sp³-hybridized carbons (Fsp3) is 0.217. The van der Waals surface area contributed by atoms with Gasteiger partial charge in [0, 0.05) is 37.4 Å². The number of carboxylic acids is 1. The number of fused-ring (bicyclic) bond motifs is 1. The Balaban J connectivity index is 1.37. The second-order valence-corrected chi connectivity index (χ2v) is 8.60. The highest BCUT2D eigenvalue weighted by atomic mass is 32.2. The smallest absolute Gasteiger partial charge is 0.323 e. The van der Waals surface area contributed by atoms with Crippen molar-refractivity contribution in [3.05, 3.63) is 65.1 Å². The van der Waals surface area contributed by atoms with Crippen molar-refractivity contribution in [3.63, 3.8) is 0 Å². The first kappa shape index (κ1) is 20.3. The number of anilines is 2. The van der Waals surface area contributed by atoms with Gasteiger partial charge in [0.2, 0.25) is 0 Å². The number of benzene rings is 2. The molecule has 3 aliphatic rings. The van der Waals surface area contributed by atoms with Crippen LogP contribution in [0.25, 0.3) is 5.57 Å². The number of aliphatic carboxylic acids is 1. The van der Waals surface area contributed by atoms with Gasteiger partial charge in [-0.2, -0.15) is 4.99 Å². The molecule has 2 amide bonds. The highest BCUT2D eigenvalue weighted by Gasteiger charge is 2.40. The van der Waals surface area contributed by atoms with E-state index in [1.54, 1.807) is 24.3 Å². The molecule has 1 N–H and O–H groups in total. The summed E-state index contributed by atoms with van der Waals surface area (Å²) in [5.74, 6) is -2.04. The number of amides is 2. The van der Waals surface area contributed by atoms with Crippen molar-refractivity contribution in [2.75, 3.05) is 42.5 Å². The molecule has 1 saturated heterocycles. The van der Waals surface area contributed by atoms with E-state index in [2.05, 4.69) is 26.9 Å². The summed E-state index contributed by atoms with van der Waals surface area (Å²) in [7, 11) is 0. The molecule has 3 heterocycles. The largest absolute Gasteiger partial charge is 0.480 e. The van der Waals surface area contributed by atoms with Crippen LogP contribution in [0.2, 0.25) is 0 Å². The Morgan fingerprint density at radius 3 is 2.31 bits per heavy atom. The SMILES string of the molecule is O=C(O)CN1C(=O)C(=C2SC(N3CCN(c4ccccc4)CC3)=NC2=O)c2ccccc21. The van der Waals surface area contributed by atoms with Crippen LogP contribution < -0.4 is 9.80 Å². The van der Waals surface area contributed by atoms with Gasteiger partial charge in [-0.25, -0.2) is 0 Å². The summed E-state index contributed by atoms with van der Waals surface area (Å²) < 4.78 is 0. The van der Waals surface area contributed by atoms with Crippen molar-refractivity contribution < 1.29 is 19.5 Å². The minimum Gasteiger partial charge on any atom is -0.480 e. The summed E-state index contributed by atoms with van der Waals surface area (Å²) in [5.41, 5.74) is 2.47. The molecule has 0 saturated carbocycles. The lowest BCUT2D eigenvalue weighted by Crippen LogP contribution is -2.47. The lowest BCUT2D eigenvalue weighted by atomic mass is 10.1.